The average Bonchev–Trinajstić information content (AvgIpc) is 3.65. The van der Waals surface area contributed by atoms with Crippen LogP contribution in [0.1, 0.15) is 0 Å². The number of hydrogen-bond acceptors (Lipinski definition) is 4. The van der Waals surface area contributed by atoms with Crippen LogP contribution in [-0.2, 0) is 0 Å². The zero-order valence-corrected chi connectivity index (χ0v) is 30.5. The van der Waals surface area contributed by atoms with Crippen LogP contribution in [0, 0.1) is 0 Å². The molecule has 0 N–H and O–H groups in total. The Hall–Kier alpha value is -7.01. The minimum atomic E-state index is 0.725. The molecule has 3 aromatic heterocycles. The molecule has 256 valence electrons. The summed E-state index contributed by atoms with van der Waals surface area (Å²) in [7, 11) is 0. The third-order valence-corrected chi connectivity index (χ3v) is 12.0. The van der Waals surface area contributed by atoms with Gasteiger partial charge in [0.05, 0.1) is 21.4 Å². The fourth-order valence-electron chi connectivity index (χ4n) is 8.09. The zero-order chi connectivity index (χ0) is 36.3. The van der Waals surface area contributed by atoms with Gasteiger partial charge in [-0.25, -0.2) is 9.97 Å². The molecule has 0 fully saturated rings. The van der Waals surface area contributed by atoms with Crippen LogP contribution in [0.15, 0.2) is 188 Å². The molecule has 0 bridgehead atoms. The van der Waals surface area contributed by atoms with Gasteiger partial charge in [0.2, 0.25) is 0 Å². The second-order valence-electron chi connectivity index (χ2n) is 13.9. The van der Waals surface area contributed by atoms with Gasteiger partial charge in [0.25, 0.3) is 0 Å². The van der Waals surface area contributed by atoms with Crippen molar-refractivity contribution >= 4 is 64.1 Å². The maximum Gasteiger partial charge on any atom is 0.160 e. The zero-order valence-electron chi connectivity index (χ0n) is 29.6. The van der Waals surface area contributed by atoms with Crippen molar-refractivity contribution in [2.75, 3.05) is 0 Å². The lowest BCUT2D eigenvalue weighted by molar-refractivity contribution is 1.24. The Morgan fingerprint density at radius 3 is 1.80 bits per heavy atom. The van der Waals surface area contributed by atoms with Gasteiger partial charge in [0, 0.05) is 38.2 Å². The van der Waals surface area contributed by atoms with Gasteiger partial charge in [0.15, 0.2) is 5.82 Å². The lowest BCUT2D eigenvalue weighted by atomic mass is 9.89. The van der Waals surface area contributed by atoms with Crippen molar-refractivity contribution in [2.45, 2.75) is 0 Å². The van der Waals surface area contributed by atoms with E-state index in [0.717, 1.165) is 54.7 Å². The predicted octanol–water partition coefficient (Wildman–Crippen LogP) is 14.0. The van der Waals surface area contributed by atoms with Gasteiger partial charge in [-0.15, -0.1) is 11.3 Å². The van der Waals surface area contributed by atoms with Crippen molar-refractivity contribution in [3.63, 3.8) is 0 Å². The summed E-state index contributed by atoms with van der Waals surface area (Å²) in [5.74, 6) is 0.725. The molecule has 0 radical (unpaired) electrons. The van der Waals surface area contributed by atoms with Gasteiger partial charge in [-0.2, -0.15) is 0 Å². The standard InChI is InChI=1S/C51H31N3S/c1-2-10-32(11-3-1)33-19-23-36(24-20-33)48-50-49(45-15-6-7-18-46(45)55-50)54-51(53-48)37-25-21-34(22-26-37)38-29-30-42(40-14-5-4-13-39(38)40)41-16-8-17-44-43(41)28-27-35-12-9-31-52-47(35)44/h1-31H. The molecule has 11 aromatic rings. The number of aromatic nitrogens is 3. The first kappa shape index (κ1) is 31.5. The monoisotopic (exact) mass is 717 g/mol. The van der Waals surface area contributed by atoms with Crippen molar-refractivity contribution in [2.24, 2.45) is 0 Å². The Morgan fingerprint density at radius 1 is 0.345 bits per heavy atom. The number of fused-ring (bicyclic) bond motifs is 7. The maximum absolute atomic E-state index is 5.28. The second kappa shape index (κ2) is 12.8. The second-order valence-corrected chi connectivity index (χ2v) is 15.0. The number of thiophene rings is 1. The molecule has 0 aliphatic heterocycles. The van der Waals surface area contributed by atoms with E-state index in [1.54, 1.807) is 11.3 Å². The molecule has 0 unspecified atom stereocenters. The summed E-state index contributed by atoms with van der Waals surface area (Å²) in [6, 6.07) is 64.9. The Bertz CT molecular complexity index is 3240. The predicted molar refractivity (Wildman–Crippen MR) is 232 cm³/mol. The summed E-state index contributed by atoms with van der Waals surface area (Å²) in [6.07, 6.45) is 1.88. The number of benzene rings is 8. The molecule has 11 rings (SSSR count). The Kier molecular flexibility index (Phi) is 7.35. The van der Waals surface area contributed by atoms with E-state index in [0.29, 0.717) is 0 Å². The number of pyridine rings is 1. The quantitative estimate of drug-likeness (QED) is 0.166. The van der Waals surface area contributed by atoms with Crippen molar-refractivity contribution < 1.29 is 0 Å². The van der Waals surface area contributed by atoms with E-state index in [9.17, 15) is 0 Å². The Morgan fingerprint density at radius 2 is 0.964 bits per heavy atom. The minimum Gasteiger partial charge on any atom is -0.256 e. The molecule has 0 saturated heterocycles. The van der Waals surface area contributed by atoms with Crippen LogP contribution in [0.2, 0.25) is 0 Å². The molecule has 0 spiro atoms. The summed E-state index contributed by atoms with van der Waals surface area (Å²) in [5, 5.41) is 7.12. The van der Waals surface area contributed by atoms with Crippen molar-refractivity contribution in [1.29, 1.82) is 0 Å². The van der Waals surface area contributed by atoms with Crippen LogP contribution in [0.5, 0.6) is 0 Å². The highest BCUT2D eigenvalue weighted by atomic mass is 32.1. The van der Waals surface area contributed by atoms with Gasteiger partial charge in [-0.1, -0.05) is 170 Å². The summed E-state index contributed by atoms with van der Waals surface area (Å²) < 4.78 is 2.32. The highest BCUT2D eigenvalue weighted by molar-refractivity contribution is 7.26. The molecule has 0 aliphatic rings. The fraction of sp³-hybridized carbons (Fsp3) is 0. The minimum absolute atomic E-state index is 0.725. The van der Waals surface area contributed by atoms with Crippen LogP contribution in [0.3, 0.4) is 0 Å². The lowest BCUT2D eigenvalue weighted by Crippen LogP contribution is -1.94. The maximum atomic E-state index is 5.28. The van der Waals surface area contributed by atoms with Gasteiger partial charge in [0.1, 0.15) is 0 Å². The van der Waals surface area contributed by atoms with E-state index in [4.69, 9.17) is 15.0 Å². The normalized spacial score (nSPS) is 11.6. The number of rotatable bonds is 5. The van der Waals surface area contributed by atoms with Crippen LogP contribution in [-0.4, -0.2) is 15.0 Å². The SMILES string of the molecule is c1ccc(-c2ccc(-c3nc(-c4ccc(-c5ccc(-c6cccc7c6ccc6cccnc67)c6ccccc56)cc4)nc4c3sc3ccccc34)cc2)cc1. The molecule has 3 nitrogen and oxygen atoms in total. The Balaban J connectivity index is 1.01. The molecule has 3 heterocycles. The van der Waals surface area contributed by atoms with Crippen LogP contribution in [0.4, 0.5) is 0 Å². The number of hydrogen-bond donors (Lipinski definition) is 0. The largest absolute Gasteiger partial charge is 0.256 e. The molecular formula is C51H31N3S. The summed E-state index contributed by atoms with van der Waals surface area (Å²) in [5.41, 5.74) is 12.2. The van der Waals surface area contributed by atoms with Gasteiger partial charge < -0.3 is 0 Å². The number of nitrogens with zero attached hydrogens (tertiary/aromatic N) is 3. The van der Waals surface area contributed by atoms with E-state index in [-0.39, 0.29) is 0 Å². The fourth-order valence-corrected chi connectivity index (χ4v) is 9.24. The highest BCUT2D eigenvalue weighted by Crippen LogP contribution is 2.42. The van der Waals surface area contributed by atoms with Crippen LogP contribution >= 0.6 is 11.3 Å². The Labute approximate surface area is 321 Å². The highest BCUT2D eigenvalue weighted by Gasteiger charge is 2.18. The van der Waals surface area contributed by atoms with Crippen molar-refractivity contribution in [3.8, 4) is 56.0 Å². The average molecular weight is 718 g/mol. The first-order valence-electron chi connectivity index (χ1n) is 18.5. The summed E-state index contributed by atoms with van der Waals surface area (Å²) >= 11 is 1.76. The van der Waals surface area contributed by atoms with E-state index in [2.05, 4.69) is 176 Å². The van der Waals surface area contributed by atoms with E-state index in [1.165, 1.54) is 54.1 Å². The van der Waals surface area contributed by atoms with Crippen LogP contribution < -0.4 is 0 Å². The summed E-state index contributed by atoms with van der Waals surface area (Å²) in [6.45, 7) is 0. The first-order valence-corrected chi connectivity index (χ1v) is 19.3. The van der Waals surface area contributed by atoms with Crippen LogP contribution in [0.25, 0.3) is 109 Å². The topological polar surface area (TPSA) is 38.7 Å². The molecular weight excluding hydrogens is 687 g/mol. The van der Waals surface area contributed by atoms with Crippen molar-refractivity contribution in [3.05, 3.63) is 188 Å². The van der Waals surface area contributed by atoms with E-state index < -0.39 is 0 Å². The van der Waals surface area contributed by atoms with E-state index in [1.807, 2.05) is 12.3 Å². The van der Waals surface area contributed by atoms with Gasteiger partial charge in [-0.3, -0.25) is 4.98 Å². The summed E-state index contributed by atoms with van der Waals surface area (Å²) in [4.78, 5) is 15.2. The molecule has 4 heteroatoms. The molecule has 0 amide bonds. The lowest BCUT2D eigenvalue weighted by Gasteiger charge is -2.15. The van der Waals surface area contributed by atoms with Gasteiger partial charge in [-0.05, 0) is 61.7 Å². The molecule has 0 atom stereocenters. The molecule has 8 aromatic carbocycles. The molecule has 55 heavy (non-hydrogen) atoms. The molecule has 0 saturated carbocycles. The smallest absolute Gasteiger partial charge is 0.160 e. The first-order chi connectivity index (χ1) is 27.3. The van der Waals surface area contributed by atoms with E-state index >= 15 is 0 Å². The van der Waals surface area contributed by atoms with Crippen molar-refractivity contribution in [1.82, 2.24) is 15.0 Å². The third kappa shape index (κ3) is 5.30. The molecule has 0 aliphatic carbocycles. The third-order valence-electron chi connectivity index (χ3n) is 10.8. The van der Waals surface area contributed by atoms with Gasteiger partial charge >= 0.3 is 0 Å².